The van der Waals surface area contributed by atoms with E-state index in [9.17, 15) is 15.0 Å². The number of likely N-dealkylation sites (tertiary alicyclic amines) is 1. The Morgan fingerprint density at radius 2 is 2.00 bits per heavy atom. The van der Waals surface area contributed by atoms with E-state index in [-0.39, 0.29) is 6.42 Å². The molecule has 36 heavy (non-hydrogen) atoms. The number of methoxy groups -OCH3 is 1. The van der Waals surface area contributed by atoms with E-state index < -0.39 is 12.1 Å². The molecule has 1 aromatic carbocycles. The first-order valence-corrected chi connectivity index (χ1v) is 13.5. The Morgan fingerprint density at radius 3 is 2.78 bits per heavy atom. The van der Waals surface area contributed by atoms with Gasteiger partial charge in [-0.05, 0) is 80.0 Å². The van der Waals surface area contributed by atoms with Crippen molar-refractivity contribution in [3.63, 3.8) is 0 Å². The van der Waals surface area contributed by atoms with Crippen molar-refractivity contribution in [1.82, 2.24) is 19.9 Å². The zero-order valence-electron chi connectivity index (χ0n) is 20.6. The Balaban J connectivity index is 1.35. The van der Waals surface area contributed by atoms with Crippen LogP contribution in [0, 0.1) is 11.8 Å². The molecule has 1 aliphatic rings. The quantitative estimate of drug-likeness (QED) is 0.270. The van der Waals surface area contributed by atoms with E-state index in [2.05, 4.69) is 19.9 Å². The van der Waals surface area contributed by atoms with Gasteiger partial charge >= 0.3 is 5.97 Å². The molecule has 192 valence electrons. The van der Waals surface area contributed by atoms with E-state index in [1.165, 1.54) is 0 Å². The number of carbonyl (C=O) groups is 1. The van der Waals surface area contributed by atoms with Crippen molar-refractivity contribution in [2.45, 2.75) is 43.4 Å². The van der Waals surface area contributed by atoms with Crippen molar-refractivity contribution in [2.24, 2.45) is 11.8 Å². The second-order valence-corrected chi connectivity index (χ2v) is 10.4. The number of hydrogen-bond acceptors (Lipinski definition) is 8. The van der Waals surface area contributed by atoms with Gasteiger partial charge in [0.15, 0.2) is 5.16 Å². The van der Waals surface area contributed by atoms with Gasteiger partial charge in [0.1, 0.15) is 5.75 Å². The van der Waals surface area contributed by atoms with Gasteiger partial charge in [-0.3, -0.25) is 9.78 Å². The first kappa shape index (κ1) is 26.3. The molecule has 0 saturated carbocycles. The first-order chi connectivity index (χ1) is 17.5. The molecule has 0 amide bonds. The summed E-state index contributed by atoms with van der Waals surface area (Å²) in [6, 6.07) is 9.40. The van der Waals surface area contributed by atoms with Crippen LogP contribution < -0.4 is 4.74 Å². The third-order valence-electron chi connectivity index (χ3n) is 7.04. The number of hydrogen-bond donors (Lipinski definition) is 2. The summed E-state index contributed by atoms with van der Waals surface area (Å²) in [4.78, 5) is 26.7. The van der Waals surface area contributed by atoms with Crippen LogP contribution in [0.5, 0.6) is 5.75 Å². The number of rotatable bonds is 12. The maximum atomic E-state index is 11.3. The minimum atomic E-state index is -0.750. The highest BCUT2D eigenvalue weighted by atomic mass is 32.2. The van der Waals surface area contributed by atoms with E-state index >= 15 is 0 Å². The molecule has 0 spiro atoms. The summed E-state index contributed by atoms with van der Waals surface area (Å²) in [5.74, 6) is 1.58. The summed E-state index contributed by atoms with van der Waals surface area (Å²) in [6.07, 6.45) is 7.98. The molecule has 4 rings (SSSR count). The number of aromatic nitrogens is 3. The fourth-order valence-electron chi connectivity index (χ4n) is 5.09. The number of thioether (sulfide) groups is 1. The summed E-state index contributed by atoms with van der Waals surface area (Å²) < 4.78 is 5.37. The van der Waals surface area contributed by atoms with Crippen LogP contribution in [0.4, 0.5) is 0 Å². The number of fused-ring (bicyclic) bond motifs is 1. The molecule has 3 aromatic rings. The summed E-state index contributed by atoms with van der Waals surface area (Å²) in [5.41, 5.74) is 1.69. The van der Waals surface area contributed by atoms with Crippen LogP contribution in [0.1, 0.15) is 43.8 Å². The van der Waals surface area contributed by atoms with Crippen LogP contribution in [-0.2, 0) is 4.79 Å². The number of aliphatic carboxylic acids is 1. The minimum absolute atomic E-state index is 0.180. The van der Waals surface area contributed by atoms with Gasteiger partial charge in [-0.1, -0.05) is 11.8 Å². The molecule has 1 aliphatic heterocycles. The van der Waals surface area contributed by atoms with Crippen molar-refractivity contribution >= 4 is 28.6 Å². The monoisotopic (exact) mass is 510 g/mol. The Labute approximate surface area is 216 Å². The third-order valence-corrected chi connectivity index (χ3v) is 7.89. The number of carboxylic acids is 1. The van der Waals surface area contributed by atoms with Crippen molar-refractivity contribution in [1.29, 1.82) is 0 Å². The molecule has 0 radical (unpaired) electrons. The number of aliphatic hydroxyl groups excluding tert-OH is 1. The average Bonchev–Trinajstić information content (AvgIpc) is 2.91. The fraction of sp³-hybridized carbons (Fsp3) is 0.481. The lowest BCUT2D eigenvalue weighted by Gasteiger charge is -2.39. The molecule has 2 aromatic heterocycles. The molecular weight excluding hydrogens is 476 g/mol. The van der Waals surface area contributed by atoms with Crippen molar-refractivity contribution < 1.29 is 19.7 Å². The molecule has 9 heteroatoms. The predicted octanol–water partition coefficient (Wildman–Crippen LogP) is 4.44. The molecule has 3 heterocycles. The summed E-state index contributed by atoms with van der Waals surface area (Å²) in [6.45, 7) is 2.79. The molecular formula is C27H34N4O4S. The number of carboxylic acid groups (broad SMARTS) is 1. The first-order valence-electron chi connectivity index (χ1n) is 12.5. The highest BCUT2D eigenvalue weighted by Gasteiger charge is 2.30. The van der Waals surface area contributed by atoms with E-state index in [1.807, 2.05) is 30.3 Å². The Bertz CT molecular complexity index is 1130. The van der Waals surface area contributed by atoms with Crippen LogP contribution in [-0.4, -0.2) is 68.5 Å². The molecule has 3 atom stereocenters. The van der Waals surface area contributed by atoms with Crippen LogP contribution in [0.15, 0.2) is 54.1 Å². The number of benzene rings is 1. The zero-order chi connectivity index (χ0) is 25.3. The van der Waals surface area contributed by atoms with E-state index in [1.54, 1.807) is 37.5 Å². The number of piperidine rings is 1. The fourth-order valence-corrected chi connectivity index (χ4v) is 5.90. The zero-order valence-corrected chi connectivity index (χ0v) is 21.4. The molecule has 1 fully saturated rings. The number of nitrogens with zero attached hydrogens (tertiary/aromatic N) is 4. The van der Waals surface area contributed by atoms with Crippen LogP contribution in [0.2, 0.25) is 0 Å². The number of pyridine rings is 1. The maximum Gasteiger partial charge on any atom is 0.303 e. The van der Waals surface area contributed by atoms with Crippen LogP contribution >= 0.6 is 11.8 Å². The lowest BCUT2D eigenvalue weighted by molar-refractivity contribution is -0.137. The largest absolute Gasteiger partial charge is 0.497 e. The summed E-state index contributed by atoms with van der Waals surface area (Å²) in [5, 5.41) is 22.1. The van der Waals surface area contributed by atoms with Gasteiger partial charge < -0.3 is 19.8 Å². The second-order valence-electron chi connectivity index (χ2n) is 9.30. The van der Waals surface area contributed by atoms with Gasteiger partial charge in [-0.2, -0.15) is 0 Å². The molecule has 8 nitrogen and oxygen atoms in total. The topological polar surface area (TPSA) is 109 Å². The van der Waals surface area contributed by atoms with Gasteiger partial charge in [-0.15, -0.1) is 0 Å². The predicted molar refractivity (Wildman–Crippen MR) is 140 cm³/mol. The van der Waals surface area contributed by atoms with Gasteiger partial charge in [0, 0.05) is 49.2 Å². The van der Waals surface area contributed by atoms with Gasteiger partial charge in [-0.25, -0.2) is 9.97 Å². The van der Waals surface area contributed by atoms with Crippen LogP contribution in [0.25, 0.3) is 10.9 Å². The Hall–Kier alpha value is -2.75. The van der Waals surface area contributed by atoms with Gasteiger partial charge in [0.25, 0.3) is 0 Å². The smallest absolute Gasteiger partial charge is 0.303 e. The number of aliphatic hydroxyl groups is 1. The maximum absolute atomic E-state index is 11.3. The second kappa shape index (κ2) is 13.0. The molecule has 0 bridgehead atoms. The Morgan fingerprint density at radius 1 is 1.17 bits per heavy atom. The molecule has 2 N–H and O–H groups in total. The third kappa shape index (κ3) is 7.15. The van der Waals surface area contributed by atoms with Crippen LogP contribution in [0.3, 0.4) is 0 Å². The van der Waals surface area contributed by atoms with Crippen molar-refractivity contribution in [3.8, 4) is 5.75 Å². The van der Waals surface area contributed by atoms with E-state index in [0.29, 0.717) is 24.7 Å². The summed E-state index contributed by atoms with van der Waals surface area (Å²) in [7, 11) is 1.63. The van der Waals surface area contributed by atoms with Crippen molar-refractivity contribution in [2.75, 3.05) is 32.5 Å². The molecule has 1 saturated heterocycles. The lowest BCUT2D eigenvalue weighted by Crippen LogP contribution is -2.41. The standard InChI is InChI=1S/C27H34N4O4S/c1-35-21-5-6-24-23(17-21)22(9-13-28-24)25(32)7-3-19-10-14-31(18-20(19)4-8-26(33)34)15-16-36-27-29-11-2-12-30-27/h2,5-6,9,11-13,17,19-20,25,32H,3-4,7-8,10,14-16,18H2,1H3,(H,33,34)/t19-,20-,25-/m1/s1. The summed E-state index contributed by atoms with van der Waals surface area (Å²) >= 11 is 1.64. The van der Waals surface area contributed by atoms with Crippen molar-refractivity contribution in [3.05, 3.63) is 54.5 Å². The van der Waals surface area contributed by atoms with E-state index in [0.717, 1.165) is 65.6 Å². The van der Waals surface area contributed by atoms with Gasteiger partial charge in [0.2, 0.25) is 0 Å². The highest BCUT2D eigenvalue weighted by Crippen LogP contribution is 2.35. The normalized spacial score (nSPS) is 19.3. The lowest BCUT2D eigenvalue weighted by atomic mass is 9.79. The molecule has 0 aliphatic carbocycles. The van der Waals surface area contributed by atoms with E-state index in [4.69, 9.17) is 4.74 Å². The average molecular weight is 511 g/mol. The number of ether oxygens (including phenoxy) is 1. The molecule has 0 unspecified atom stereocenters. The SMILES string of the molecule is COc1ccc2nccc([C@H](O)CC[C@@H]3CCN(CCSc4ncccn4)C[C@H]3CCC(=O)O)c2c1. The van der Waals surface area contributed by atoms with Gasteiger partial charge in [0.05, 0.1) is 18.7 Å². The Kier molecular flexibility index (Phi) is 9.49. The highest BCUT2D eigenvalue weighted by molar-refractivity contribution is 7.99. The minimum Gasteiger partial charge on any atom is -0.497 e.